The Kier molecular flexibility index (Phi) is 2.79. The maximum atomic E-state index is 13.3. The van der Waals surface area contributed by atoms with E-state index in [0.29, 0.717) is 22.6 Å². The average molecular weight is 281 g/mol. The van der Waals surface area contributed by atoms with Crippen molar-refractivity contribution in [2.24, 2.45) is 5.73 Å². The Hall–Kier alpha value is -1.53. The molecule has 1 aromatic heterocycles. The fourth-order valence-corrected chi connectivity index (χ4v) is 2.82. The second-order valence-corrected chi connectivity index (χ2v) is 5.59. The summed E-state index contributed by atoms with van der Waals surface area (Å²) in [5, 5.41) is 9.61. The van der Waals surface area contributed by atoms with Crippen LogP contribution in [0.25, 0.3) is 5.69 Å². The summed E-state index contributed by atoms with van der Waals surface area (Å²) in [6.07, 6.45) is 1.62. The molecule has 100 valence electrons. The molecule has 1 aliphatic rings. The molecule has 3 nitrogen and oxygen atoms in total. The molecule has 0 radical (unpaired) electrons. The summed E-state index contributed by atoms with van der Waals surface area (Å²) in [5.41, 5.74) is 7.73. The third kappa shape index (κ3) is 2.11. The smallest absolute Gasteiger partial charge is 0.256 e. The molecule has 2 aromatic rings. The predicted octanol–water partition coefficient (Wildman–Crippen LogP) is 2.60. The van der Waals surface area contributed by atoms with Gasteiger partial charge in [0, 0.05) is 24.5 Å². The van der Waals surface area contributed by atoms with E-state index >= 15 is 0 Å². The first-order valence-corrected chi connectivity index (χ1v) is 6.83. The molecule has 19 heavy (non-hydrogen) atoms. The minimum atomic E-state index is -2.61. The van der Waals surface area contributed by atoms with Gasteiger partial charge in [0.05, 0.1) is 11.6 Å². The largest absolute Gasteiger partial charge is 0.326 e. The first-order chi connectivity index (χ1) is 9.03. The number of hydrogen-bond donors (Lipinski definition) is 2. The van der Waals surface area contributed by atoms with Crippen molar-refractivity contribution in [3.63, 3.8) is 0 Å². The highest BCUT2D eigenvalue weighted by Crippen LogP contribution is 2.56. The second kappa shape index (κ2) is 4.25. The summed E-state index contributed by atoms with van der Waals surface area (Å²) in [7, 11) is 0. The number of nitrogens with two attached hydrogens (primary N) is 1. The van der Waals surface area contributed by atoms with Gasteiger partial charge in [0.15, 0.2) is 4.80 Å². The van der Waals surface area contributed by atoms with Crippen LogP contribution in [-0.2, 0) is 6.54 Å². The third-order valence-corrected chi connectivity index (χ3v) is 4.08. The van der Waals surface area contributed by atoms with Gasteiger partial charge >= 0.3 is 0 Å². The summed E-state index contributed by atoms with van der Waals surface area (Å²) < 4.78 is 28.2. The number of alkyl halides is 2. The number of thiazole rings is 1. The zero-order valence-corrected chi connectivity index (χ0v) is 10.9. The number of nitrogens with one attached hydrogen (secondary N) is 1. The molecule has 3 N–H and O–H groups in total. The molecule has 1 fully saturated rings. The van der Waals surface area contributed by atoms with Crippen LogP contribution in [0.4, 0.5) is 8.78 Å². The van der Waals surface area contributed by atoms with E-state index in [9.17, 15) is 8.78 Å². The van der Waals surface area contributed by atoms with Crippen LogP contribution in [0.2, 0.25) is 0 Å². The Balaban J connectivity index is 2.15. The van der Waals surface area contributed by atoms with Crippen LogP contribution in [0.3, 0.4) is 0 Å². The fourth-order valence-electron chi connectivity index (χ4n) is 2.24. The summed E-state index contributed by atoms with van der Waals surface area (Å²) in [4.78, 5) is 0.319. The zero-order chi connectivity index (χ0) is 13.6. The van der Waals surface area contributed by atoms with Crippen LogP contribution in [-0.4, -0.2) is 10.5 Å². The standard InChI is InChI=1S/C13H13F2N3S/c14-13(15)6-10(13)9-2-1-8(7-16)5-11(9)18-3-4-19-12(18)17/h1-5,10,17H,6-7,16H2. The van der Waals surface area contributed by atoms with E-state index < -0.39 is 11.8 Å². The van der Waals surface area contributed by atoms with Crippen LogP contribution >= 0.6 is 11.3 Å². The monoisotopic (exact) mass is 281 g/mol. The van der Waals surface area contributed by atoms with Gasteiger partial charge in [-0.3, -0.25) is 9.98 Å². The number of nitrogens with zero attached hydrogens (tertiary/aromatic N) is 1. The highest BCUT2D eigenvalue weighted by molar-refractivity contribution is 7.07. The van der Waals surface area contributed by atoms with E-state index in [1.54, 1.807) is 34.3 Å². The number of benzene rings is 1. The summed E-state index contributed by atoms with van der Waals surface area (Å²) >= 11 is 1.26. The van der Waals surface area contributed by atoms with Crippen LogP contribution in [0.5, 0.6) is 0 Å². The van der Waals surface area contributed by atoms with E-state index in [0.717, 1.165) is 5.56 Å². The van der Waals surface area contributed by atoms with E-state index in [-0.39, 0.29) is 6.42 Å². The molecular formula is C13H13F2N3S. The van der Waals surface area contributed by atoms with Gasteiger partial charge in [-0.1, -0.05) is 12.1 Å². The van der Waals surface area contributed by atoms with Gasteiger partial charge in [0.25, 0.3) is 5.92 Å². The van der Waals surface area contributed by atoms with Gasteiger partial charge in [0.1, 0.15) is 0 Å². The zero-order valence-electron chi connectivity index (χ0n) is 10.1. The average Bonchev–Trinajstić information content (AvgIpc) is 2.81. The number of rotatable bonds is 3. The first kappa shape index (κ1) is 12.5. The Labute approximate surface area is 112 Å². The fraction of sp³-hybridized carbons (Fsp3) is 0.308. The number of hydrogen-bond acceptors (Lipinski definition) is 3. The van der Waals surface area contributed by atoms with E-state index in [1.807, 2.05) is 0 Å². The van der Waals surface area contributed by atoms with Crippen LogP contribution in [0.15, 0.2) is 29.8 Å². The van der Waals surface area contributed by atoms with Crippen molar-refractivity contribution < 1.29 is 8.78 Å². The van der Waals surface area contributed by atoms with Gasteiger partial charge in [-0.15, -0.1) is 11.3 Å². The first-order valence-electron chi connectivity index (χ1n) is 5.95. The Morgan fingerprint density at radius 2 is 2.21 bits per heavy atom. The van der Waals surface area contributed by atoms with Crippen LogP contribution < -0.4 is 10.5 Å². The molecule has 1 unspecified atom stereocenters. The maximum Gasteiger partial charge on any atom is 0.256 e. The lowest BCUT2D eigenvalue weighted by atomic mass is 10.0. The Morgan fingerprint density at radius 1 is 1.47 bits per heavy atom. The number of halogens is 2. The van der Waals surface area contributed by atoms with Crippen molar-refractivity contribution >= 4 is 11.3 Å². The molecule has 0 aliphatic heterocycles. The van der Waals surface area contributed by atoms with Crippen molar-refractivity contribution in [2.45, 2.75) is 24.8 Å². The molecule has 0 saturated heterocycles. The minimum absolute atomic E-state index is 0.111. The molecule has 0 amide bonds. The highest BCUT2D eigenvalue weighted by atomic mass is 32.1. The maximum absolute atomic E-state index is 13.3. The Morgan fingerprint density at radius 3 is 2.74 bits per heavy atom. The van der Waals surface area contributed by atoms with Crippen molar-refractivity contribution in [3.8, 4) is 5.69 Å². The minimum Gasteiger partial charge on any atom is -0.326 e. The van der Waals surface area contributed by atoms with E-state index in [4.69, 9.17) is 11.1 Å². The Bertz CT molecular complexity index is 675. The molecule has 1 aliphatic carbocycles. The second-order valence-electron chi connectivity index (χ2n) is 4.69. The van der Waals surface area contributed by atoms with Crippen molar-refractivity contribution in [3.05, 3.63) is 45.7 Å². The lowest BCUT2D eigenvalue weighted by Crippen LogP contribution is -2.13. The van der Waals surface area contributed by atoms with Gasteiger partial charge < -0.3 is 5.73 Å². The third-order valence-electron chi connectivity index (χ3n) is 3.40. The SMILES string of the molecule is N=c1sccn1-c1cc(CN)ccc1C1CC1(F)F. The molecule has 0 spiro atoms. The van der Waals surface area contributed by atoms with Crippen molar-refractivity contribution in [1.29, 1.82) is 5.41 Å². The molecule has 0 bridgehead atoms. The van der Waals surface area contributed by atoms with Gasteiger partial charge in [0.2, 0.25) is 0 Å². The lowest BCUT2D eigenvalue weighted by Gasteiger charge is -2.12. The summed E-state index contributed by atoms with van der Waals surface area (Å²) in [6, 6.07) is 5.30. The van der Waals surface area contributed by atoms with E-state index in [1.165, 1.54) is 11.3 Å². The molecular weight excluding hydrogens is 268 g/mol. The highest BCUT2D eigenvalue weighted by Gasteiger charge is 2.58. The molecule has 3 rings (SSSR count). The van der Waals surface area contributed by atoms with Crippen molar-refractivity contribution in [1.82, 2.24) is 4.57 Å². The van der Waals surface area contributed by atoms with Gasteiger partial charge in [-0.2, -0.15) is 0 Å². The molecule has 1 atom stereocenters. The lowest BCUT2D eigenvalue weighted by molar-refractivity contribution is 0.112. The molecule has 1 aromatic carbocycles. The van der Waals surface area contributed by atoms with Gasteiger partial charge in [-0.25, -0.2) is 8.78 Å². The van der Waals surface area contributed by atoms with Crippen LogP contribution in [0, 0.1) is 5.41 Å². The van der Waals surface area contributed by atoms with Gasteiger partial charge in [-0.05, 0) is 17.2 Å². The molecule has 6 heteroatoms. The molecule has 1 saturated carbocycles. The molecule has 1 heterocycles. The topological polar surface area (TPSA) is 54.8 Å². The summed E-state index contributed by atoms with van der Waals surface area (Å²) in [5.74, 6) is -3.35. The van der Waals surface area contributed by atoms with Crippen LogP contribution in [0.1, 0.15) is 23.5 Å². The van der Waals surface area contributed by atoms with E-state index in [2.05, 4.69) is 0 Å². The number of aromatic nitrogens is 1. The van der Waals surface area contributed by atoms with Crippen molar-refractivity contribution in [2.75, 3.05) is 0 Å². The quantitative estimate of drug-likeness (QED) is 0.892. The summed E-state index contributed by atoms with van der Waals surface area (Å²) in [6.45, 7) is 0.354. The normalized spacial score (nSPS) is 20.5. The predicted molar refractivity (Wildman–Crippen MR) is 69.7 cm³/mol.